The number of hydrogen-bond donors (Lipinski definition) is 1. The Morgan fingerprint density at radius 3 is 2.62 bits per heavy atom. The Kier molecular flexibility index (Phi) is 1.77. The van der Waals surface area contributed by atoms with E-state index in [2.05, 4.69) is 4.98 Å². The zero-order valence-corrected chi connectivity index (χ0v) is 8.59. The van der Waals surface area contributed by atoms with Gasteiger partial charge in [0.15, 0.2) is 0 Å². The van der Waals surface area contributed by atoms with E-state index < -0.39 is 0 Å². The molecule has 5 heteroatoms. The van der Waals surface area contributed by atoms with Gasteiger partial charge in [-0.3, -0.25) is 14.5 Å². The van der Waals surface area contributed by atoms with Crippen molar-refractivity contribution in [3.63, 3.8) is 0 Å². The minimum absolute atomic E-state index is 0.0476. The predicted molar refractivity (Wildman–Crippen MR) is 55.8 cm³/mol. The van der Waals surface area contributed by atoms with Gasteiger partial charge in [0.25, 0.3) is 0 Å². The van der Waals surface area contributed by atoms with Crippen LogP contribution in [0.1, 0.15) is 12.1 Å². The maximum atomic E-state index is 11.7. The lowest BCUT2D eigenvalue weighted by Gasteiger charge is -2.15. The van der Waals surface area contributed by atoms with Gasteiger partial charge in [-0.25, -0.2) is 4.98 Å². The van der Waals surface area contributed by atoms with Gasteiger partial charge in [-0.15, -0.1) is 0 Å². The first-order chi connectivity index (χ1) is 7.66. The number of anilines is 1. The molecule has 0 bridgehead atoms. The topological polar surface area (TPSA) is 76.3 Å². The first-order valence-corrected chi connectivity index (χ1v) is 5.23. The number of aromatic nitrogens is 1. The number of rotatable bonds is 2. The molecule has 0 aromatic carbocycles. The fourth-order valence-electron chi connectivity index (χ4n) is 2.15. The molecule has 2 aliphatic rings. The first-order valence-electron chi connectivity index (χ1n) is 5.23. The van der Waals surface area contributed by atoms with Crippen LogP contribution in [0.25, 0.3) is 0 Å². The molecule has 2 atom stereocenters. The van der Waals surface area contributed by atoms with E-state index >= 15 is 0 Å². The van der Waals surface area contributed by atoms with E-state index in [1.54, 1.807) is 18.2 Å². The molecule has 16 heavy (non-hydrogen) atoms. The highest BCUT2D eigenvalue weighted by atomic mass is 16.2. The predicted octanol–water partition coefficient (Wildman–Crippen LogP) is 0.169. The number of amides is 2. The highest BCUT2D eigenvalue weighted by molar-refractivity contribution is 6.08. The minimum Gasteiger partial charge on any atom is -0.384 e. The van der Waals surface area contributed by atoms with Crippen molar-refractivity contribution >= 4 is 17.6 Å². The van der Waals surface area contributed by atoms with Gasteiger partial charge in [-0.05, 0) is 18.6 Å². The quantitative estimate of drug-likeness (QED) is 0.716. The molecule has 3 rings (SSSR count). The second kappa shape index (κ2) is 3.04. The van der Waals surface area contributed by atoms with Gasteiger partial charge in [-0.2, -0.15) is 0 Å². The molecule has 0 radical (unpaired) electrons. The second-order valence-corrected chi connectivity index (χ2v) is 4.27. The standard InChI is InChI=1S/C11H11N3O2/c12-9-3-1-2-6(13-9)5-14-10(15)7-4-8(7)11(14)16/h1-3,7-8H,4-5H2,(H2,12,13). The molecule has 2 unspecified atom stereocenters. The average molecular weight is 217 g/mol. The smallest absolute Gasteiger partial charge is 0.233 e. The van der Waals surface area contributed by atoms with Crippen molar-refractivity contribution in [1.82, 2.24) is 9.88 Å². The van der Waals surface area contributed by atoms with E-state index in [1.807, 2.05) is 0 Å². The molecule has 1 aliphatic carbocycles. The lowest BCUT2D eigenvalue weighted by molar-refractivity contribution is -0.142. The molecule has 1 aromatic heterocycles. The average Bonchev–Trinajstić information content (AvgIpc) is 2.99. The summed E-state index contributed by atoms with van der Waals surface area (Å²) in [7, 11) is 0. The monoisotopic (exact) mass is 217 g/mol. The van der Waals surface area contributed by atoms with E-state index in [9.17, 15) is 9.59 Å². The number of piperidine rings is 1. The summed E-state index contributed by atoms with van der Waals surface area (Å²) < 4.78 is 0. The van der Waals surface area contributed by atoms with Crippen molar-refractivity contribution < 1.29 is 9.59 Å². The van der Waals surface area contributed by atoms with Gasteiger partial charge in [0.05, 0.1) is 24.1 Å². The van der Waals surface area contributed by atoms with Crippen LogP contribution >= 0.6 is 0 Å². The molecule has 2 fully saturated rings. The third-order valence-corrected chi connectivity index (χ3v) is 3.11. The molecule has 2 heterocycles. The van der Waals surface area contributed by atoms with E-state index in [0.29, 0.717) is 11.5 Å². The third kappa shape index (κ3) is 1.28. The number of nitrogen functional groups attached to an aromatic ring is 1. The van der Waals surface area contributed by atoms with Crippen molar-refractivity contribution in [2.75, 3.05) is 5.73 Å². The van der Waals surface area contributed by atoms with Crippen molar-refractivity contribution in [2.45, 2.75) is 13.0 Å². The summed E-state index contributed by atoms with van der Waals surface area (Å²) in [5.41, 5.74) is 6.19. The number of imide groups is 1. The summed E-state index contributed by atoms with van der Waals surface area (Å²) in [6.45, 7) is 0.246. The Balaban J connectivity index is 1.80. The van der Waals surface area contributed by atoms with Crippen LogP contribution in [-0.2, 0) is 16.1 Å². The van der Waals surface area contributed by atoms with E-state index in [4.69, 9.17) is 5.73 Å². The van der Waals surface area contributed by atoms with Gasteiger partial charge >= 0.3 is 0 Å². The summed E-state index contributed by atoms with van der Waals surface area (Å²) >= 11 is 0. The Morgan fingerprint density at radius 1 is 1.31 bits per heavy atom. The molecule has 1 saturated carbocycles. The highest BCUT2D eigenvalue weighted by Gasteiger charge is 2.58. The minimum atomic E-state index is -0.0563. The molecular weight excluding hydrogens is 206 g/mol. The summed E-state index contributed by atoms with van der Waals surface area (Å²) in [6.07, 6.45) is 0.735. The number of nitrogens with two attached hydrogens (primary N) is 1. The van der Waals surface area contributed by atoms with Gasteiger partial charge in [0.1, 0.15) is 5.82 Å². The molecule has 1 saturated heterocycles. The van der Waals surface area contributed by atoms with Gasteiger partial charge < -0.3 is 5.73 Å². The molecule has 2 amide bonds. The fraction of sp³-hybridized carbons (Fsp3) is 0.364. The van der Waals surface area contributed by atoms with E-state index in [1.165, 1.54) is 4.90 Å². The van der Waals surface area contributed by atoms with Crippen molar-refractivity contribution in [2.24, 2.45) is 11.8 Å². The largest absolute Gasteiger partial charge is 0.384 e. The van der Waals surface area contributed by atoms with Crippen LogP contribution in [0.15, 0.2) is 18.2 Å². The molecule has 2 N–H and O–H groups in total. The summed E-state index contributed by atoms with van der Waals surface area (Å²) in [4.78, 5) is 28.8. The molecule has 5 nitrogen and oxygen atoms in total. The lowest BCUT2D eigenvalue weighted by Crippen LogP contribution is -2.32. The fourth-order valence-corrected chi connectivity index (χ4v) is 2.15. The number of nitrogens with zero attached hydrogens (tertiary/aromatic N) is 2. The lowest BCUT2D eigenvalue weighted by atomic mass is 10.3. The zero-order chi connectivity index (χ0) is 11.3. The van der Waals surface area contributed by atoms with Gasteiger partial charge in [-0.1, -0.05) is 6.07 Å². The normalized spacial score (nSPS) is 27.1. The molecular formula is C11H11N3O2. The summed E-state index contributed by atoms with van der Waals surface area (Å²) in [6, 6.07) is 5.21. The van der Waals surface area contributed by atoms with Crippen molar-refractivity contribution in [1.29, 1.82) is 0 Å². The van der Waals surface area contributed by atoms with Crippen LogP contribution in [0.5, 0.6) is 0 Å². The first kappa shape index (κ1) is 9.33. The van der Waals surface area contributed by atoms with Crippen LogP contribution in [0.3, 0.4) is 0 Å². The zero-order valence-electron chi connectivity index (χ0n) is 8.59. The summed E-state index contributed by atoms with van der Waals surface area (Å²) in [5.74, 6) is 0.197. The van der Waals surface area contributed by atoms with Gasteiger partial charge in [0.2, 0.25) is 11.8 Å². The number of likely N-dealkylation sites (tertiary alicyclic amines) is 1. The SMILES string of the molecule is Nc1cccc(CN2C(=O)C3CC3C2=O)n1. The number of pyridine rings is 1. The maximum Gasteiger partial charge on any atom is 0.233 e. The molecule has 1 aromatic rings. The van der Waals surface area contributed by atoms with Crippen LogP contribution < -0.4 is 5.73 Å². The number of fused-ring (bicyclic) bond motifs is 1. The Bertz CT molecular complexity index is 466. The van der Waals surface area contributed by atoms with Crippen molar-refractivity contribution in [3.8, 4) is 0 Å². The Morgan fingerprint density at radius 2 is 2.00 bits per heavy atom. The number of carbonyl (C=O) groups is 2. The maximum absolute atomic E-state index is 11.7. The van der Waals surface area contributed by atoms with Crippen LogP contribution in [-0.4, -0.2) is 21.7 Å². The number of carbonyl (C=O) groups excluding carboxylic acids is 2. The van der Waals surface area contributed by atoms with E-state index in [-0.39, 0.29) is 30.2 Å². The van der Waals surface area contributed by atoms with Crippen molar-refractivity contribution in [3.05, 3.63) is 23.9 Å². The summed E-state index contributed by atoms with van der Waals surface area (Å²) in [5, 5.41) is 0. The highest BCUT2D eigenvalue weighted by Crippen LogP contribution is 2.47. The Labute approximate surface area is 92.3 Å². The Hall–Kier alpha value is -1.91. The van der Waals surface area contributed by atoms with Crippen LogP contribution in [0.4, 0.5) is 5.82 Å². The van der Waals surface area contributed by atoms with Gasteiger partial charge in [0, 0.05) is 0 Å². The molecule has 1 aliphatic heterocycles. The number of hydrogen-bond acceptors (Lipinski definition) is 4. The van der Waals surface area contributed by atoms with E-state index in [0.717, 1.165) is 6.42 Å². The third-order valence-electron chi connectivity index (χ3n) is 3.11. The van der Waals surface area contributed by atoms with Crippen LogP contribution in [0.2, 0.25) is 0 Å². The molecule has 82 valence electrons. The second-order valence-electron chi connectivity index (χ2n) is 4.27. The molecule has 0 spiro atoms. The van der Waals surface area contributed by atoms with Crippen LogP contribution in [0, 0.1) is 11.8 Å².